The number of rotatable bonds is 9. The minimum absolute atomic E-state index is 0.297. The van der Waals surface area contributed by atoms with Crippen LogP contribution in [0.3, 0.4) is 0 Å². The van der Waals surface area contributed by atoms with E-state index >= 15 is 0 Å². The lowest BCUT2D eigenvalue weighted by Gasteiger charge is -2.13. The van der Waals surface area contributed by atoms with Crippen molar-refractivity contribution in [1.29, 1.82) is 0 Å². The molecular weight excluding hydrogens is 452 g/mol. The second-order valence-electron chi connectivity index (χ2n) is 7.72. The van der Waals surface area contributed by atoms with Crippen LogP contribution in [0.5, 0.6) is 5.75 Å². The third kappa shape index (κ3) is 5.65. The Kier molecular flexibility index (Phi) is 7.69. The van der Waals surface area contributed by atoms with Gasteiger partial charge in [-0.2, -0.15) is 0 Å². The lowest BCUT2D eigenvalue weighted by Crippen LogP contribution is -2.07. The lowest BCUT2D eigenvalue weighted by atomic mass is 9.94. The van der Waals surface area contributed by atoms with Crippen LogP contribution in [0.2, 0.25) is 0 Å². The molecule has 0 aliphatic carbocycles. The van der Waals surface area contributed by atoms with E-state index in [0.717, 1.165) is 38.9 Å². The van der Waals surface area contributed by atoms with Gasteiger partial charge in [-0.25, -0.2) is 4.79 Å². The Bertz CT molecular complexity index is 1070. The highest BCUT2D eigenvalue weighted by atomic mass is 79.9. The standard InChI is InChI=1S/C27H27BrO3/c1-4-6-19-7-13-23(27(29)30)24(15-19)21-10-8-20(9-11-21)22-12-14-26(25(28)16-22)31-17-18(3)5-2/h4,7-16,18H,1,5-6,17H2,2-3H3,(H,29,30). The summed E-state index contributed by atoms with van der Waals surface area (Å²) in [6.07, 6.45) is 3.60. The molecule has 1 N–H and O–H groups in total. The minimum atomic E-state index is -0.929. The van der Waals surface area contributed by atoms with Crippen molar-refractivity contribution < 1.29 is 14.6 Å². The molecule has 0 radical (unpaired) electrons. The Morgan fingerprint density at radius 2 is 1.74 bits per heavy atom. The van der Waals surface area contributed by atoms with Gasteiger partial charge in [0.2, 0.25) is 0 Å². The van der Waals surface area contributed by atoms with Crippen LogP contribution < -0.4 is 4.74 Å². The topological polar surface area (TPSA) is 46.5 Å². The first-order valence-corrected chi connectivity index (χ1v) is 11.2. The van der Waals surface area contributed by atoms with E-state index in [2.05, 4.69) is 36.4 Å². The second kappa shape index (κ2) is 10.5. The first-order valence-electron chi connectivity index (χ1n) is 10.4. The van der Waals surface area contributed by atoms with Crippen molar-refractivity contribution in [1.82, 2.24) is 0 Å². The average Bonchev–Trinajstić information content (AvgIpc) is 2.78. The number of aromatic carboxylic acids is 1. The summed E-state index contributed by atoms with van der Waals surface area (Å²) in [6.45, 7) is 8.80. The normalized spacial score (nSPS) is 11.7. The van der Waals surface area contributed by atoms with Crippen molar-refractivity contribution in [2.24, 2.45) is 5.92 Å². The highest BCUT2D eigenvalue weighted by Gasteiger charge is 2.13. The monoisotopic (exact) mass is 478 g/mol. The number of halogens is 1. The van der Waals surface area contributed by atoms with Gasteiger partial charge < -0.3 is 9.84 Å². The van der Waals surface area contributed by atoms with Crippen LogP contribution in [0, 0.1) is 5.92 Å². The van der Waals surface area contributed by atoms with E-state index in [9.17, 15) is 9.90 Å². The summed E-state index contributed by atoms with van der Waals surface area (Å²) >= 11 is 3.62. The fourth-order valence-corrected chi connectivity index (χ4v) is 3.79. The molecule has 31 heavy (non-hydrogen) atoms. The molecule has 3 aromatic carbocycles. The first-order chi connectivity index (χ1) is 14.9. The maximum Gasteiger partial charge on any atom is 0.336 e. The number of benzene rings is 3. The lowest BCUT2D eigenvalue weighted by molar-refractivity contribution is 0.0697. The Labute approximate surface area is 192 Å². The zero-order valence-electron chi connectivity index (χ0n) is 17.9. The van der Waals surface area contributed by atoms with Gasteiger partial charge in [-0.3, -0.25) is 0 Å². The van der Waals surface area contributed by atoms with Gasteiger partial charge in [0.1, 0.15) is 5.75 Å². The largest absolute Gasteiger partial charge is 0.492 e. The van der Waals surface area contributed by atoms with E-state index in [0.29, 0.717) is 30.1 Å². The van der Waals surface area contributed by atoms with Gasteiger partial charge in [0, 0.05) is 0 Å². The summed E-state index contributed by atoms with van der Waals surface area (Å²) in [5.41, 5.74) is 5.04. The Morgan fingerprint density at radius 1 is 1.06 bits per heavy atom. The Balaban J connectivity index is 1.87. The van der Waals surface area contributed by atoms with Crippen LogP contribution in [-0.4, -0.2) is 17.7 Å². The predicted molar refractivity (Wildman–Crippen MR) is 131 cm³/mol. The zero-order valence-corrected chi connectivity index (χ0v) is 19.5. The number of ether oxygens (including phenoxy) is 1. The van der Waals surface area contributed by atoms with Crippen LogP contribution in [0.4, 0.5) is 0 Å². The van der Waals surface area contributed by atoms with E-state index in [1.54, 1.807) is 6.07 Å². The van der Waals surface area contributed by atoms with Crippen molar-refractivity contribution in [3.63, 3.8) is 0 Å². The van der Waals surface area contributed by atoms with Crippen LogP contribution in [0.1, 0.15) is 36.2 Å². The molecule has 3 aromatic rings. The molecule has 0 saturated heterocycles. The predicted octanol–water partition coefficient (Wildman–Crippen LogP) is 7.63. The molecule has 1 unspecified atom stereocenters. The van der Waals surface area contributed by atoms with Gasteiger partial charge in [0.15, 0.2) is 0 Å². The van der Waals surface area contributed by atoms with Crippen LogP contribution in [0.25, 0.3) is 22.3 Å². The summed E-state index contributed by atoms with van der Waals surface area (Å²) in [5.74, 6) is 0.423. The molecule has 3 rings (SSSR count). The highest BCUT2D eigenvalue weighted by molar-refractivity contribution is 9.10. The SMILES string of the molecule is C=CCc1ccc(C(=O)O)c(-c2ccc(-c3ccc(OCC(C)CC)c(Br)c3)cc2)c1. The van der Waals surface area contributed by atoms with Crippen LogP contribution in [-0.2, 0) is 6.42 Å². The quantitative estimate of drug-likeness (QED) is 0.321. The van der Waals surface area contributed by atoms with Gasteiger partial charge in [-0.05, 0) is 80.4 Å². The van der Waals surface area contributed by atoms with Crippen molar-refractivity contribution in [3.8, 4) is 28.0 Å². The van der Waals surface area contributed by atoms with Gasteiger partial charge in [0.05, 0.1) is 16.6 Å². The fraction of sp³-hybridized carbons (Fsp3) is 0.222. The molecule has 0 fully saturated rings. The molecule has 0 aromatic heterocycles. The number of carbonyl (C=O) groups is 1. The Morgan fingerprint density at radius 3 is 2.35 bits per heavy atom. The third-order valence-corrected chi connectivity index (χ3v) is 6.00. The molecule has 0 heterocycles. The molecule has 0 spiro atoms. The van der Waals surface area contributed by atoms with E-state index < -0.39 is 5.97 Å². The zero-order chi connectivity index (χ0) is 22.4. The summed E-state index contributed by atoms with van der Waals surface area (Å²) in [5, 5.41) is 9.59. The number of carboxylic acid groups (broad SMARTS) is 1. The molecule has 4 heteroatoms. The molecule has 160 valence electrons. The summed E-state index contributed by atoms with van der Waals surface area (Å²) < 4.78 is 6.83. The molecule has 0 aliphatic rings. The first kappa shape index (κ1) is 22.8. The van der Waals surface area contributed by atoms with Gasteiger partial charge in [-0.1, -0.05) is 62.7 Å². The number of hydrogen-bond donors (Lipinski definition) is 1. The smallest absolute Gasteiger partial charge is 0.336 e. The average molecular weight is 479 g/mol. The van der Waals surface area contributed by atoms with Crippen molar-refractivity contribution >= 4 is 21.9 Å². The van der Waals surface area contributed by atoms with E-state index in [1.807, 2.05) is 60.7 Å². The highest BCUT2D eigenvalue weighted by Crippen LogP contribution is 2.33. The van der Waals surface area contributed by atoms with Gasteiger partial charge in [0.25, 0.3) is 0 Å². The van der Waals surface area contributed by atoms with Crippen molar-refractivity contribution in [3.05, 3.63) is 88.9 Å². The summed E-state index contributed by atoms with van der Waals surface area (Å²) in [4.78, 5) is 11.7. The fourth-order valence-electron chi connectivity index (χ4n) is 3.30. The summed E-state index contributed by atoms with van der Waals surface area (Å²) in [6, 6.07) is 19.5. The van der Waals surface area contributed by atoms with E-state index in [-0.39, 0.29) is 0 Å². The molecule has 1 atom stereocenters. The van der Waals surface area contributed by atoms with Crippen molar-refractivity contribution in [2.45, 2.75) is 26.7 Å². The Hall–Kier alpha value is -2.85. The van der Waals surface area contributed by atoms with E-state index in [4.69, 9.17) is 4.74 Å². The maximum atomic E-state index is 11.7. The van der Waals surface area contributed by atoms with Crippen LogP contribution in [0.15, 0.2) is 77.8 Å². The van der Waals surface area contributed by atoms with Gasteiger partial charge in [-0.15, -0.1) is 6.58 Å². The number of hydrogen-bond acceptors (Lipinski definition) is 2. The molecule has 3 nitrogen and oxygen atoms in total. The molecule has 0 bridgehead atoms. The summed E-state index contributed by atoms with van der Waals surface area (Å²) in [7, 11) is 0. The van der Waals surface area contributed by atoms with E-state index in [1.165, 1.54) is 0 Å². The molecular formula is C27H27BrO3. The van der Waals surface area contributed by atoms with Crippen LogP contribution >= 0.6 is 15.9 Å². The number of carboxylic acids is 1. The second-order valence-corrected chi connectivity index (χ2v) is 8.58. The van der Waals surface area contributed by atoms with Crippen molar-refractivity contribution in [2.75, 3.05) is 6.61 Å². The molecule has 0 saturated carbocycles. The maximum absolute atomic E-state index is 11.7. The molecule has 0 aliphatic heterocycles. The third-order valence-electron chi connectivity index (χ3n) is 5.38. The number of allylic oxidation sites excluding steroid dienone is 1. The minimum Gasteiger partial charge on any atom is -0.492 e. The van der Waals surface area contributed by atoms with Gasteiger partial charge >= 0.3 is 5.97 Å². The molecule has 0 amide bonds.